The van der Waals surface area contributed by atoms with Crippen LogP contribution < -0.4 is 0 Å². The summed E-state index contributed by atoms with van der Waals surface area (Å²) in [6.45, 7) is 6.65. The molecule has 0 saturated carbocycles. The number of sulfonamides is 1. The minimum absolute atomic E-state index is 0.443. The van der Waals surface area contributed by atoms with Gasteiger partial charge in [0.15, 0.2) is 0 Å². The van der Waals surface area contributed by atoms with E-state index in [-0.39, 0.29) is 0 Å². The van der Waals surface area contributed by atoms with Gasteiger partial charge in [-0.25, -0.2) is 8.42 Å². The van der Waals surface area contributed by atoms with Gasteiger partial charge in [-0.05, 0) is 19.1 Å². The smallest absolute Gasteiger partial charge is 0.206 e. The molecule has 0 spiro atoms. The first-order valence-electron chi connectivity index (χ1n) is 4.59. The van der Waals surface area contributed by atoms with E-state index in [1.165, 1.54) is 15.6 Å². The Morgan fingerprint density at radius 3 is 2.21 bits per heavy atom. The van der Waals surface area contributed by atoms with Crippen LogP contribution >= 0.6 is 11.3 Å². The van der Waals surface area contributed by atoms with Gasteiger partial charge < -0.3 is 0 Å². The second-order valence-electron chi connectivity index (χ2n) is 2.95. The highest BCUT2D eigenvalue weighted by Gasteiger charge is 2.22. The maximum atomic E-state index is 11.9. The highest BCUT2D eigenvalue weighted by atomic mass is 32.2. The molecular formula is C9H15NO2S2. The minimum atomic E-state index is -3.23. The first-order valence-corrected chi connectivity index (χ1v) is 6.84. The molecule has 1 rings (SSSR count). The number of nitrogens with zero attached hydrogens (tertiary/aromatic N) is 1. The lowest BCUT2D eigenvalue weighted by Gasteiger charge is -2.16. The van der Waals surface area contributed by atoms with Crippen LogP contribution in [0.5, 0.6) is 0 Å². The van der Waals surface area contributed by atoms with E-state index in [0.29, 0.717) is 17.3 Å². The Hall–Kier alpha value is -0.390. The number of hydrogen-bond acceptors (Lipinski definition) is 3. The molecule has 0 bridgehead atoms. The predicted octanol–water partition coefficient (Wildman–Crippen LogP) is 2.09. The molecule has 0 aliphatic rings. The Balaban J connectivity index is 3.07. The maximum Gasteiger partial charge on any atom is 0.252 e. The fourth-order valence-corrected chi connectivity index (χ4v) is 4.14. The van der Waals surface area contributed by atoms with Gasteiger partial charge in [0.2, 0.25) is 0 Å². The lowest BCUT2D eigenvalue weighted by Crippen LogP contribution is -2.29. The zero-order valence-corrected chi connectivity index (χ0v) is 10.3. The average molecular weight is 233 g/mol. The van der Waals surface area contributed by atoms with E-state index in [9.17, 15) is 8.42 Å². The highest BCUT2D eigenvalue weighted by molar-refractivity contribution is 7.91. The average Bonchev–Trinajstić information content (AvgIpc) is 2.54. The van der Waals surface area contributed by atoms with Crippen molar-refractivity contribution in [3.8, 4) is 0 Å². The van der Waals surface area contributed by atoms with E-state index in [1.807, 2.05) is 26.8 Å². The Bertz CT molecular complexity index is 391. The van der Waals surface area contributed by atoms with Crippen molar-refractivity contribution >= 4 is 21.4 Å². The highest BCUT2D eigenvalue weighted by Crippen LogP contribution is 2.23. The Morgan fingerprint density at radius 1 is 1.29 bits per heavy atom. The summed E-state index contributed by atoms with van der Waals surface area (Å²) in [5.74, 6) is 0. The normalized spacial score (nSPS) is 12.3. The molecule has 0 radical (unpaired) electrons. The molecule has 1 aromatic rings. The fraction of sp³-hybridized carbons (Fsp3) is 0.556. The van der Waals surface area contributed by atoms with Crippen molar-refractivity contribution in [1.82, 2.24) is 4.31 Å². The van der Waals surface area contributed by atoms with Crippen molar-refractivity contribution in [3.63, 3.8) is 0 Å². The third-order valence-electron chi connectivity index (χ3n) is 2.02. The molecule has 0 N–H and O–H groups in total. The summed E-state index contributed by atoms with van der Waals surface area (Å²) in [6, 6.07) is 3.51. The Morgan fingerprint density at radius 2 is 1.86 bits per heavy atom. The monoisotopic (exact) mass is 233 g/mol. The van der Waals surface area contributed by atoms with Crippen LogP contribution in [0.1, 0.15) is 18.7 Å². The Kier molecular flexibility index (Phi) is 3.69. The zero-order chi connectivity index (χ0) is 10.8. The lowest BCUT2D eigenvalue weighted by molar-refractivity contribution is 0.447. The van der Waals surface area contributed by atoms with Gasteiger partial charge in [0.25, 0.3) is 10.0 Å². The quantitative estimate of drug-likeness (QED) is 0.798. The molecule has 0 amide bonds. The van der Waals surface area contributed by atoms with Crippen molar-refractivity contribution in [3.05, 3.63) is 17.0 Å². The van der Waals surface area contributed by atoms with Gasteiger partial charge >= 0.3 is 0 Å². The van der Waals surface area contributed by atoms with Crippen molar-refractivity contribution in [2.24, 2.45) is 0 Å². The SMILES string of the molecule is CCN(CC)S(=O)(=O)c1ccc(C)s1. The summed E-state index contributed by atoms with van der Waals surface area (Å²) in [5.41, 5.74) is 0. The number of rotatable bonds is 4. The number of aryl methyl sites for hydroxylation is 1. The minimum Gasteiger partial charge on any atom is -0.206 e. The second kappa shape index (κ2) is 4.42. The van der Waals surface area contributed by atoms with Crippen LogP contribution in [0.3, 0.4) is 0 Å². The molecule has 0 aliphatic carbocycles. The number of thiophene rings is 1. The van der Waals surface area contributed by atoms with Gasteiger partial charge in [-0.15, -0.1) is 11.3 Å². The van der Waals surface area contributed by atoms with Crippen LogP contribution in [-0.4, -0.2) is 25.8 Å². The van der Waals surface area contributed by atoms with Gasteiger partial charge in [0.1, 0.15) is 4.21 Å². The van der Waals surface area contributed by atoms with Crippen molar-refractivity contribution in [2.75, 3.05) is 13.1 Å². The van der Waals surface area contributed by atoms with Crippen LogP contribution in [0.25, 0.3) is 0 Å². The first kappa shape index (κ1) is 11.7. The van der Waals surface area contributed by atoms with Gasteiger partial charge in [-0.3, -0.25) is 0 Å². The van der Waals surface area contributed by atoms with E-state index in [2.05, 4.69) is 0 Å². The molecule has 3 nitrogen and oxygen atoms in total. The lowest BCUT2D eigenvalue weighted by atomic mass is 10.5. The molecular weight excluding hydrogens is 218 g/mol. The summed E-state index contributed by atoms with van der Waals surface area (Å²) in [5, 5.41) is 0. The van der Waals surface area contributed by atoms with Crippen LogP contribution in [0.4, 0.5) is 0 Å². The van der Waals surface area contributed by atoms with Crippen molar-refractivity contribution in [2.45, 2.75) is 25.0 Å². The number of hydrogen-bond donors (Lipinski definition) is 0. The van der Waals surface area contributed by atoms with E-state index in [4.69, 9.17) is 0 Å². The molecule has 5 heteroatoms. The topological polar surface area (TPSA) is 37.4 Å². The van der Waals surface area contributed by atoms with E-state index in [0.717, 1.165) is 4.88 Å². The molecule has 0 aromatic carbocycles. The largest absolute Gasteiger partial charge is 0.252 e. The molecule has 0 atom stereocenters. The molecule has 0 saturated heterocycles. The van der Waals surface area contributed by atoms with Crippen molar-refractivity contribution < 1.29 is 8.42 Å². The van der Waals surface area contributed by atoms with Gasteiger partial charge in [-0.1, -0.05) is 13.8 Å². The van der Waals surface area contributed by atoms with Gasteiger partial charge in [0, 0.05) is 18.0 Å². The van der Waals surface area contributed by atoms with E-state index < -0.39 is 10.0 Å². The molecule has 0 unspecified atom stereocenters. The van der Waals surface area contributed by atoms with E-state index >= 15 is 0 Å². The summed E-state index contributed by atoms with van der Waals surface area (Å²) in [6.07, 6.45) is 0. The molecule has 0 fully saturated rings. The molecule has 14 heavy (non-hydrogen) atoms. The van der Waals surface area contributed by atoms with Gasteiger partial charge in [-0.2, -0.15) is 4.31 Å². The zero-order valence-electron chi connectivity index (χ0n) is 8.65. The Labute approximate surface area is 89.4 Å². The van der Waals surface area contributed by atoms with E-state index in [1.54, 1.807) is 6.07 Å². The summed E-state index contributed by atoms with van der Waals surface area (Å²) in [4.78, 5) is 1.02. The molecule has 80 valence electrons. The summed E-state index contributed by atoms with van der Waals surface area (Å²) >= 11 is 1.32. The standard InChI is InChI=1S/C9H15NO2S2/c1-4-10(5-2)14(11,12)9-7-6-8(3)13-9/h6-7H,4-5H2,1-3H3. The third kappa shape index (κ3) is 2.16. The predicted molar refractivity (Wildman–Crippen MR) is 59.2 cm³/mol. The van der Waals surface area contributed by atoms with Crippen LogP contribution in [0.2, 0.25) is 0 Å². The van der Waals surface area contributed by atoms with Crippen LogP contribution in [-0.2, 0) is 10.0 Å². The molecule has 1 heterocycles. The molecule has 1 aromatic heterocycles. The van der Waals surface area contributed by atoms with Crippen molar-refractivity contribution in [1.29, 1.82) is 0 Å². The second-order valence-corrected chi connectivity index (χ2v) is 6.41. The summed E-state index contributed by atoms with van der Waals surface area (Å²) < 4.78 is 25.8. The third-order valence-corrected chi connectivity index (χ3v) is 5.53. The van der Waals surface area contributed by atoms with Crippen LogP contribution in [0, 0.1) is 6.92 Å². The molecule has 0 aliphatic heterocycles. The fourth-order valence-electron chi connectivity index (χ4n) is 1.24. The maximum absolute atomic E-state index is 11.9. The summed E-state index contributed by atoms with van der Waals surface area (Å²) in [7, 11) is -3.23. The van der Waals surface area contributed by atoms with Gasteiger partial charge in [0.05, 0.1) is 0 Å². The first-order chi connectivity index (χ1) is 6.52. The van der Waals surface area contributed by atoms with Crippen LogP contribution in [0.15, 0.2) is 16.3 Å².